The fourth-order valence-electron chi connectivity index (χ4n) is 1.87. The van der Waals surface area contributed by atoms with Crippen LogP contribution >= 0.6 is 0 Å². The Labute approximate surface area is 101 Å². The third kappa shape index (κ3) is 4.73. The van der Waals surface area contributed by atoms with Crippen LogP contribution in [-0.2, 0) is 19.1 Å². The topological polar surface area (TPSA) is 72.8 Å². The van der Waals surface area contributed by atoms with Crippen molar-refractivity contribution in [2.24, 2.45) is 5.92 Å². The number of aliphatic carboxylic acids is 1. The Kier molecular flexibility index (Phi) is 5.41. The maximum absolute atomic E-state index is 11.4. The Morgan fingerprint density at radius 1 is 1.18 bits per heavy atom. The third-order valence-corrected chi connectivity index (χ3v) is 2.94. The largest absolute Gasteiger partial charge is 0.481 e. The lowest BCUT2D eigenvalue weighted by atomic mass is 9.98. The number of hydrogen-bond donors (Lipinski definition) is 1. The van der Waals surface area contributed by atoms with Crippen molar-refractivity contribution in [3.8, 4) is 0 Å². The number of ether oxygens (including phenoxy) is 2. The molecule has 1 N–H and O–H groups in total. The highest BCUT2D eigenvalue weighted by Gasteiger charge is 2.25. The lowest BCUT2D eigenvalue weighted by molar-refractivity contribution is -0.192. The van der Waals surface area contributed by atoms with Crippen molar-refractivity contribution >= 4 is 11.9 Å². The highest BCUT2D eigenvalue weighted by atomic mass is 16.7. The molecule has 0 saturated heterocycles. The van der Waals surface area contributed by atoms with Gasteiger partial charge in [-0.25, -0.2) is 0 Å². The first-order valence-electron chi connectivity index (χ1n) is 6.09. The van der Waals surface area contributed by atoms with Gasteiger partial charge in [-0.1, -0.05) is 19.3 Å². The predicted molar refractivity (Wildman–Crippen MR) is 60.3 cm³/mol. The van der Waals surface area contributed by atoms with E-state index in [0.717, 1.165) is 25.7 Å². The molecule has 0 aromatic rings. The Balaban J connectivity index is 2.30. The lowest BCUT2D eigenvalue weighted by Crippen LogP contribution is -2.30. The van der Waals surface area contributed by atoms with Crippen LogP contribution in [0.2, 0.25) is 0 Å². The zero-order valence-corrected chi connectivity index (χ0v) is 10.3. The van der Waals surface area contributed by atoms with Crippen LogP contribution in [0.15, 0.2) is 0 Å². The quantitative estimate of drug-likeness (QED) is 0.454. The second-order valence-corrected chi connectivity index (χ2v) is 4.46. The van der Waals surface area contributed by atoms with Crippen LogP contribution in [-0.4, -0.2) is 29.4 Å². The molecule has 5 heteroatoms. The summed E-state index contributed by atoms with van der Waals surface area (Å²) in [6.07, 6.45) is 4.92. The van der Waals surface area contributed by atoms with Crippen LogP contribution in [0.25, 0.3) is 0 Å². The van der Waals surface area contributed by atoms with E-state index in [-0.39, 0.29) is 6.10 Å². The van der Waals surface area contributed by atoms with Gasteiger partial charge in [0.05, 0.1) is 6.10 Å². The molecule has 0 bridgehead atoms. The normalized spacial score (nSPS) is 20.6. The number of esters is 1. The summed E-state index contributed by atoms with van der Waals surface area (Å²) >= 11 is 0. The summed E-state index contributed by atoms with van der Waals surface area (Å²) in [5, 5.41) is 8.65. The number of carbonyl (C=O) groups is 2. The minimum Gasteiger partial charge on any atom is -0.481 e. The summed E-state index contributed by atoms with van der Waals surface area (Å²) in [5.74, 6) is -3.08. The number of hydrogen-bond acceptors (Lipinski definition) is 4. The van der Waals surface area contributed by atoms with Crippen LogP contribution in [0.5, 0.6) is 0 Å². The van der Waals surface area contributed by atoms with E-state index in [9.17, 15) is 9.59 Å². The minimum absolute atomic E-state index is 0.131. The van der Waals surface area contributed by atoms with Crippen molar-refractivity contribution in [1.29, 1.82) is 0 Å². The van der Waals surface area contributed by atoms with Crippen molar-refractivity contribution in [2.45, 2.75) is 58.3 Å². The van der Waals surface area contributed by atoms with Gasteiger partial charge in [-0.15, -0.1) is 0 Å². The zero-order valence-electron chi connectivity index (χ0n) is 10.3. The van der Waals surface area contributed by atoms with E-state index < -0.39 is 24.1 Å². The minimum atomic E-state index is -1.18. The first-order chi connectivity index (χ1) is 8.00. The number of rotatable bonds is 5. The third-order valence-electron chi connectivity index (χ3n) is 2.94. The van der Waals surface area contributed by atoms with Crippen molar-refractivity contribution in [2.75, 3.05) is 0 Å². The van der Waals surface area contributed by atoms with E-state index in [1.54, 1.807) is 6.92 Å². The molecule has 2 atom stereocenters. The molecule has 17 heavy (non-hydrogen) atoms. The van der Waals surface area contributed by atoms with Crippen molar-refractivity contribution in [3.05, 3.63) is 0 Å². The summed E-state index contributed by atoms with van der Waals surface area (Å²) in [6.45, 7) is 2.93. The summed E-state index contributed by atoms with van der Waals surface area (Å²) in [6, 6.07) is 0. The SMILES string of the molecule is CC(OC(=O)C(C)C(=O)O)OC1CCCCC1. The molecule has 1 rings (SSSR count). The van der Waals surface area contributed by atoms with Gasteiger partial charge in [-0.3, -0.25) is 9.59 Å². The first kappa shape index (κ1) is 14.0. The molecule has 0 radical (unpaired) electrons. The maximum Gasteiger partial charge on any atom is 0.322 e. The van der Waals surface area contributed by atoms with Gasteiger partial charge >= 0.3 is 11.9 Å². The van der Waals surface area contributed by atoms with Gasteiger partial charge in [0.25, 0.3) is 0 Å². The fourth-order valence-corrected chi connectivity index (χ4v) is 1.87. The Bertz CT molecular complexity index is 270. The van der Waals surface area contributed by atoms with Crippen molar-refractivity contribution in [1.82, 2.24) is 0 Å². The van der Waals surface area contributed by atoms with Gasteiger partial charge in [-0.2, -0.15) is 0 Å². The fraction of sp³-hybridized carbons (Fsp3) is 0.833. The van der Waals surface area contributed by atoms with Gasteiger partial charge in [-0.05, 0) is 26.7 Å². The molecule has 1 fully saturated rings. The van der Waals surface area contributed by atoms with Crippen LogP contribution < -0.4 is 0 Å². The molecule has 2 unspecified atom stereocenters. The zero-order chi connectivity index (χ0) is 12.8. The highest BCUT2D eigenvalue weighted by molar-refractivity contribution is 5.93. The van der Waals surface area contributed by atoms with E-state index in [4.69, 9.17) is 14.6 Å². The summed E-state index contributed by atoms with van der Waals surface area (Å²) < 4.78 is 10.5. The molecule has 1 saturated carbocycles. The monoisotopic (exact) mass is 244 g/mol. The van der Waals surface area contributed by atoms with Gasteiger partial charge < -0.3 is 14.6 Å². The molecule has 98 valence electrons. The van der Waals surface area contributed by atoms with E-state index in [1.165, 1.54) is 13.3 Å². The number of carbonyl (C=O) groups excluding carboxylic acids is 1. The van der Waals surface area contributed by atoms with E-state index in [0.29, 0.717) is 0 Å². The number of carboxylic acids is 1. The molecular formula is C12H20O5. The smallest absolute Gasteiger partial charge is 0.322 e. The molecular weight excluding hydrogens is 224 g/mol. The molecule has 0 amide bonds. The van der Waals surface area contributed by atoms with Gasteiger partial charge in [0, 0.05) is 0 Å². The molecule has 0 aliphatic heterocycles. The van der Waals surface area contributed by atoms with E-state index >= 15 is 0 Å². The summed E-state index contributed by atoms with van der Waals surface area (Å²) in [7, 11) is 0. The van der Waals surface area contributed by atoms with Crippen LogP contribution in [0, 0.1) is 5.92 Å². The Morgan fingerprint density at radius 3 is 2.29 bits per heavy atom. The molecule has 1 aliphatic rings. The van der Waals surface area contributed by atoms with Crippen LogP contribution in [0.3, 0.4) is 0 Å². The van der Waals surface area contributed by atoms with Gasteiger partial charge in [0.15, 0.2) is 12.2 Å². The molecule has 5 nitrogen and oxygen atoms in total. The summed E-state index contributed by atoms with van der Waals surface area (Å²) in [4.78, 5) is 21.9. The number of carboxylic acid groups (broad SMARTS) is 1. The highest BCUT2D eigenvalue weighted by Crippen LogP contribution is 2.21. The van der Waals surface area contributed by atoms with Crippen molar-refractivity contribution in [3.63, 3.8) is 0 Å². The first-order valence-corrected chi connectivity index (χ1v) is 6.09. The molecule has 0 spiro atoms. The summed E-state index contributed by atoms with van der Waals surface area (Å²) in [5.41, 5.74) is 0. The van der Waals surface area contributed by atoms with Gasteiger partial charge in [0.1, 0.15) is 0 Å². The average molecular weight is 244 g/mol. The van der Waals surface area contributed by atoms with Crippen LogP contribution in [0.1, 0.15) is 46.0 Å². The second kappa shape index (κ2) is 6.59. The maximum atomic E-state index is 11.4. The van der Waals surface area contributed by atoms with Gasteiger partial charge in [0.2, 0.25) is 0 Å². The molecule has 1 aliphatic carbocycles. The molecule has 0 aromatic carbocycles. The van der Waals surface area contributed by atoms with E-state index in [2.05, 4.69) is 0 Å². The Hall–Kier alpha value is -1.10. The Morgan fingerprint density at radius 2 is 1.76 bits per heavy atom. The average Bonchev–Trinajstić information content (AvgIpc) is 2.28. The van der Waals surface area contributed by atoms with Crippen LogP contribution in [0.4, 0.5) is 0 Å². The molecule has 0 heterocycles. The predicted octanol–water partition coefficient (Wildman–Crippen LogP) is 1.95. The van der Waals surface area contributed by atoms with Crippen molar-refractivity contribution < 1.29 is 24.2 Å². The standard InChI is InChI=1S/C12H20O5/c1-8(11(13)14)12(15)17-9(2)16-10-6-4-3-5-7-10/h8-10H,3-7H2,1-2H3,(H,13,14). The molecule has 0 aromatic heterocycles. The lowest BCUT2D eigenvalue weighted by Gasteiger charge is -2.25. The van der Waals surface area contributed by atoms with E-state index in [1.807, 2.05) is 0 Å². The second-order valence-electron chi connectivity index (χ2n) is 4.46.